The number of rotatable bonds is 2. The highest BCUT2D eigenvalue weighted by molar-refractivity contribution is 5.94. The van der Waals surface area contributed by atoms with Crippen LogP contribution in [0.3, 0.4) is 0 Å². The van der Waals surface area contributed by atoms with E-state index in [4.69, 9.17) is 0 Å². The monoisotopic (exact) mass is 232 g/mol. The molecule has 1 amide bonds. The van der Waals surface area contributed by atoms with Crippen LogP contribution in [0.1, 0.15) is 30.1 Å². The third-order valence-electron chi connectivity index (χ3n) is 3.44. The molecule has 1 aliphatic heterocycles. The molecule has 92 valence electrons. The Morgan fingerprint density at radius 2 is 1.94 bits per heavy atom. The summed E-state index contributed by atoms with van der Waals surface area (Å²) >= 11 is 0. The van der Waals surface area contributed by atoms with E-state index in [0.717, 1.165) is 30.6 Å². The Kier molecular flexibility index (Phi) is 3.36. The molecule has 0 N–H and O–H groups in total. The fraction of sp³-hybridized carbons (Fsp3) is 0.500. The first kappa shape index (κ1) is 12.0. The normalized spacial score (nSPS) is 19.5. The minimum Gasteiger partial charge on any atom is -0.378 e. The number of carbonyl (C=O) groups excluding carboxylic acids is 1. The lowest BCUT2D eigenvalue weighted by molar-refractivity contribution is 0.0747. The molecule has 1 unspecified atom stereocenters. The van der Waals surface area contributed by atoms with Gasteiger partial charge in [-0.05, 0) is 44.0 Å². The van der Waals surface area contributed by atoms with Crippen LogP contribution in [0.4, 0.5) is 5.69 Å². The SMILES string of the molecule is CC1CCCN1C(=O)c1ccc(N(C)C)cc1. The van der Waals surface area contributed by atoms with E-state index in [1.165, 1.54) is 0 Å². The van der Waals surface area contributed by atoms with Gasteiger partial charge in [0.2, 0.25) is 0 Å². The average Bonchev–Trinajstić information content (AvgIpc) is 2.74. The van der Waals surface area contributed by atoms with Crippen molar-refractivity contribution in [3.05, 3.63) is 29.8 Å². The van der Waals surface area contributed by atoms with Crippen LogP contribution < -0.4 is 4.90 Å². The molecule has 0 bridgehead atoms. The second-order valence-corrected chi connectivity index (χ2v) is 4.93. The molecule has 1 aromatic rings. The lowest BCUT2D eigenvalue weighted by Crippen LogP contribution is -2.33. The molecule has 3 nitrogen and oxygen atoms in total. The second-order valence-electron chi connectivity index (χ2n) is 4.93. The lowest BCUT2D eigenvalue weighted by atomic mass is 10.1. The van der Waals surface area contributed by atoms with Crippen molar-refractivity contribution in [1.29, 1.82) is 0 Å². The van der Waals surface area contributed by atoms with Crippen LogP contribution in [0.5, 0.6) is 0 Å². The molecular formula is C14H20N2O. The van der Waals surface area contributed by atoms with Crippen molar-refractivity contribution in [3.63, 3.8) is 0 Å². The van der Waals surface area contributed by atoms with E-state index in [9.17, 15) is 4.79 Å². The summed E-state index contributed by atoms with van der Waals surface area (Å²) in [6.45, 7) is 3.02. The number of carbonyl (C=O) groups is 1. The van der Waals surface area contributed by atoms with E-state index < -0.39 is 0 Å². The van der Waals surface area contributed by atoms with E-state index in [0.29, 0.717) is 6.04 Å². The molecule has 1 aromatic carbocycles. The topological polar surface area (TPSA) is 23.6 Å². The molecule has 1 atom stereocenters. The van der Waals surface area contributed by atoms with Crippen LogP contribution in [-0.2, 0) is 0 Å². The Morgan fingerprint density at radius 3 is 2.41 bits per heavy atom. The Morgan fingerprint density at radius 1 is 1.29 bits per heavy atom. The van der Waals surface area contributed by atoms with Gasteiger partial charge < -0.3 is 9.80 Å². The molecule has 0 saturated carbocycles. The molecule has 0 aliphatic carbocycles. The minimum absolute atomic E-state index is 0.167. The van der Waals surface area contributed by atoms with Crippen molar-refractivity contribution in [3.8, 4) is 0 Å². The summed E-state index contributed by atoms with van der Waals surface area (Å²) in [6, 6.07) is 8.21. The van der Waals surface area contributed by atoms with Crippen molar-refractivity contribution >= 4 is 11.6 Å². The summed E-state index contributed by atoms with van der Waals surface area (Å²) in [5, 5.41) is 0. The van der Waals surface area contributed by atoms with Gasteiger partial charge in [0.05, 0.1) is 0 Å². The summed E-state index contributed by atoms with van der Waals surface area (Å²) in [6.07, 6.45) is 2.25. The van der Waals surface area contributed by atoms with Crippen LogP contribution in [0.15, 0.2) is 24.3 Å². The highest BCUT2D eigenvalue weighted by Gasteiger charge is 2.25. The molecule has 1 aliphatic rings. The predicted molar refractivity (Wildman–Crippen MR) is 70.5 cm³/mol. The number of amides is 1. The highest BCUT2D eigenvalue weighted by atomic mass is 16.2. The van der Waals surface area contributed by atoms with Gasteiger partial charge in [0.25, 0.3) is 5.91 Å². The van der Waals surface area contributed by atoms with Crippen LogP contribution in [0.2, 0.25) is 0 Å². The summed E-state index contributed by atoms with van der Waals surface area (Å²) in [4.78, 5) is 16.3. The summed E-state index contributed by atoms with van der Waals surface area (Å²) < 4.78 is 0. The number of hydrogen-bond donors (Lipinski definition) is 0. The zero-order valence-electron chi connectivity index (χ0n) is 10.8. The molecule has 0 aromatic heterocycles. The minimum atomic E-state index is 0.167. The van der Waals surface area contributed by atoms with Gasteiger partial charge in [-0.15, -0.1) is 0 Å². The molecule has 1 heterocycles. The third-order valence-corrected chi connectivity index (χ3v) is 3.44. The Hall–Kier alpha value is -1.51. The zero-order valence-corrected chi connectivity index (χ0v) is 10.8. The van der Waals surface area contributed by atoms with Crippen LogP contribution in [0, 0.1) is 0 Å². The van der Waals surface area contributed by atoms with Gasteiger partial charge in [0.1, 0.15) is 0 Å². The maximum Gasteiger partial charge on any atom is 0.254 e. The van der Waals surface area contributed by atoms with Crippen LogP contribution in [0.25, 0.3) is 0 Å². The van der Waals surface area contributed by atoms with Crippen molar-refractivity contribution in [2.24, 2.45) is 0 Å². The fourth-order valence-electron chi connectivity index (χ4n) is 2.30. The summed E-state index contributed by atoms with van der Waals surface area (Å²) in [5.41, 5.74) is 1.92. The number of benzene rings is 1. The van der Waals surface area contributed by atoms with Gasteiger partial charge in [-0.2, -0.15) is 0 Å². The Balaban J connectivity index is 2.14. The first-order valence-electron chi connectivity index (χ1n) is 6.18. The second kappa shape index (κ2) is 4.78. The summed E-state index contributed by atoms with van der Waals surface area (Å²) in [5.74, 6) is 0.167. The molecule has 1 saturated heterocycles. The average molecular weight is 232 g/mol. The van der Waals surface area contributed by atoms with Crippen LogP contribution >= 0.6 is 0 Å². The quantitative estimate of drug-likeness (QED) is 0.781. The highest BCUT2D eigenvalue weighted by Crippen LogP contribution is 2.20. The van der Waals surface area contributed by atoms with Gasteiger partial charge >= 0.3 is 0 Å². The van der Waals surface area contributed by atoms with Crippen molar-refractivity contribution in [1.82, 2.24) is 4.90 Å². The van der Waals surface area contributed by atoms with Gasteiger partial charge in [0.15, 0.2) is 0 Å². The first-order valence-corrected chi connectivity index (χ1v) is 6.18. The van der Waals surface area contributed by atoms with Gasteiger partial charge in [-0.1, -0.05) is 0 Å². The largest absolute Gasteiger partial charge is 0.378 e. The van der Waals surface area contributed by atoms with E-state index >= 15 is 0 Å². The number of nitrogens with zero attached hydrogens (tertiary/aromatic N) is 2. The third kappa shape index (κ3) is 2.43. The summed E-state index contributed by atoms with van der Waals surface area (Å²) in [7, 11) is 4.00. The molecule has 1 fully saturated rings. The lowest BCUT2D eigenvalue weighted by Gasteiger charge is -2.21. The van der Waals surface area contributed by atoms with Crippen molar-refractivity contribution < 1.29 is 4.79 Å². The van der Waals surface area contributed by atoms with Crippen LogP contribution in [-0.4, -0.2) is 37.5 Å². The molecule has 3 heteroatoms. The maximum absolute atomic E-state index is 12.3. The van der Waals surface area contributed by atoms with Crippen molar-refractivity contribution in [2.45, 2.75) is 25.8 Å². The van der Waals surface area contributed by atoms with E-state index in [-0.39, 0.29) is 5.91 Å². The maximum atomic E-state index is 12.3. The Bertz CT molecular complexity index is 397. The molecule has 2 rings (SSSR count). The number of anilines is 1. The molecule has 0 spiro atoms. The van der Waals surface area contributed by atoms with Gasteiger partial charge in [-0.25, -0.2) is 0 Å². The standard InChI is InChI=1S/C14H20N2O/c1-11-5-4-10-16(11)14(17)12-6-8-13(9-7-12)15(2)3/h6-9,11H,4-5,10H2,1-3H3. The van der Waals surface area contributed by atoms with E-state index in [2.05, 4.69) is 6.92 Å². The number of hydrogen-bond acceptors (Lipinski definition) is 2. The Labute approximate surface area is 103 Å². The molecule has 17 heavy (non-hydrogen) atoms. The van der Waals surface area contributed by atoms with E-state index in [1.54, 1.807) is 0 Å². The molecule has 0 radical (unpaired) electrons. The predicted octanol–water partition coefficient (Wildman–Crippen LogP) is 2.38. The molecular weight excluding hydrogens is 212 g/mol. The van der Waals surface area contributed by atoms with Gasteiger partial charge in [-0.3, -0.25) is 4.79 Å². The smallest absolute Gasteiger partial charge is 0.254 e. The van der Waals surface area contributed by atoms with Crippen molar-refractivity contribution in [2.75, 3.05) is 25.5 Å². The fourth-order valence-corrected chi connectivity index (χ4v) is 2.30. The number of likely N-dealkylation sites (tertiary alicyclic amines) is 1. The first-order chi connectivity index (χ1) is 8.09. The zero-order chi connectivity index (χ0) is 12.4. The van der Waals surface area contributed by atoms with E-state index in [1.807, 2.05) is 48.2 Å². The van der Waals surface area contributed by atoms with Gasteiger partial charge in [0, 0.05) is 37.9 Å².